The zero-order valence-corrected chi connectivity index (χ0v) is 8.10. The summed E-state index contributed by atoms with van der Waals surface area (Å²) in [6.07, 6.45) is 0.871. The first-order valence-electron chi connectivity index (χ1n) is 4.64. The van der Waals surface area contributed by atoms with Crippen LogP contribution in [-0.4, -0.2) is 16.2 Å². The van der Waals surface area contributed by atoms with E-state index >= 15 is 0 Å². The lowest BCUT2D eigenvalue weighted by Gasteiger charge is -2.12. The van der Waals surface area contributed by atoms with Gasteiger partial charge < -0.3 is 10.2 Å². The number of hydrogen-bond donors (Lipinski definition) is 2. The lowest BCUT2D eigenvalue weighted by molar-refractivity contribution is -0.137. The van der Waals surface area contributed by atoms with Gasteiger partial charge in [0.15, 0.2) is 0 Å². The second kappa shape index (κ2) is 4.65. The van der Waals surface area contributed by atoms with E-state index in [0.29, 0.717) is 0 Å². The monoisotopic (exact) mass is 194 g/mol. The van der Waals surface area contributed by atoms with Crippen molar-refractivity contribution in [3.63, 3.8) is 0 Å². The first-order valence-corrected chi connectivity index (χ1v) is 4.64. The number of phenolic OH excluding ortho intramolecular Hbond substituents is 1. The maximum Gasteiger partial charge on any atom is 0.303 e. The summed E-state index contributed by atoms with van der Waals surface area (Å²) >= 11 is 0. The van der Waals surface area contributed by atoms with E-state index in [1.54, 1.807) is 18.2 Å². The van der Waals surface area contributed by atoms with Crippen LogP contribution in [0.1, 0.15) is 31.2 Å². The summed E-state index contributed by atoms with van der Waals surface area (Å²) in [6.45, 7) is 1.94. The van der Waals surface area contributed by atoms with E-state index in [1.165, 1.54) is 0 Å². The average Bonchev–Trinajstić information content (AvgIpc) is 2.14. The zero-order chi connectivity index (χ0) is 10.6. The number of aromatic hydroxyl groups is 1. The van der Waals surface area contributed by atoms with Crippen molar-refractivity contribution in [3.05, 3.63) is 29.8 Å². The van der Waals surface area contributed by atoms with Crippen molar-refractivity contribution < 1.29 is 15.0 Å². The Labute approximate surface area is 83.0 Å². The molecule has 0 aliphatic rings. The molecule has 76 valence electrons. The summed E-state index contributed by atoms with van der Waals surface area (Å²) in [4.78, 5) is 10.6. The topological polar surface area (TPSA) is 57.5 Å². The molecule has 1 aromatic rings. The number of carboxylic acid groups (broad SMARTS) is 1. The van der Waals surface area contributed by atoms with E-state index in [1.807, 2.05) is 13.0 Å². The third-order valence-electron chi connectivity index (χ3n) is 2.26. The molecule has 1 rings (SSSR count). The fraction of sp³-hybridized carbons (Fsp3) is 0.364. The van der Waals surface area contributed by atoms with Crippen LogP contribution in [0.2, 0.25) is 0 Å². The Morgan fingerprint density at radius 1 is 1.50 bits per heavy atom. The molecule has 0 bridgehead atoms. The second-order valence-electron chi connectivity index (χ2n) is 3.30. The molecule has 0 spiro atoms. The summed E-state index contributed by atoms with van der Waals surface area (Å²) < 4.78 is 0. The molecule has 0 amide bonds. The fourth-order valence-electron chi connectivity index (χ4n) is 1.49. The standard InChI is InChI=1S/C11H14O3/c1-2-8(7-11(13)14)9-4-3-5-10(12)6-9/h3-6,8,12H,2,7H2,1H3,(H,13,14)/t8-/m1/s1. The molecule has 0 saturated heterocycles. The van der Waals surface area contributed by atoms with Crippen molar-refractivity contribution in [3.8, 4) is 5.75 Å². The van der Waals surface area contributed by atoms with Crippen molar-refractivity contribution in [2.45, 2.75) is 25.7 Å². The lowest BCUT2D eigenvalue weighted by atomic mass is 9.93. The second-order valence-corrected chi connectivity index (χ2v) is 3.30. The van der Waals surface area contributed by atoms with Crippen molar-refractivity contribution in [2.24, 2.45) is 0 Å². The van der Waals surface area contributed by atoms with Crippen LogP contribution in [-0.2, 0) is 4.79 Å². The molecule has 0 unspecified atom stereocenters. The molecule has 0 saturated carbocycles. The van der Waals surface area contributed by atoms with Gasteiger partial charge in [0.05, 0.1) is 6.42 Å². The molecule has 0 aliphatic carbocycles. The minimum atomic E-state index is -0.805. The van der Waals surface area contributed by atoms with Crippen LogP contribution in [0.4, 0.5) is 0 Å². The lowest BCUT2D eigenvalue weighted by Crippen LogP contribution is -2.05. The quantitative estimate of drug-likeness (QED) is 0.773. The SMILES string of the molecule is CC[C@H](CC(=O)O)c1cccc(O)c1. The molecule has 1 aromatic carbocycles. The van der Waals surface area contributed by atoms with E-state index in [-0.39, 0.29) is 18.1 Å². The highest BCUT2D eigenvalue weighted by molar-refractivity contribution is 5.68. The third kappa shape index (κ3) is 2.76. The van der Waals surface area contributed by atoms with Crippen LogP contribution in [0.3, 0.4) is 0 Å². The molecular weight excluding hydrogens is 180 g/mol. The Bertz CT molecular complexity index is 320. The molecule has 3 heteroatoms. The first-order chi connectivity index (χ1) is 6.63. The highest BCUT2D eigenvalue weighted by atomic mass is 16.4. The van der Waals surface area contributed by atoms with Gasteiger partial charge >= 0.3 is 5.97 Å². The number of hydrogen-bond acceptors (Lipinski definition) is 2. The highest BCUT2D eigenvalue weighted by Gasteiger charge is 2.13. The van der Waals surface area contributed by atoms with Crippen LogP contribution in [0.25, 0.3) is 0 Å². The number of carbonyl (C=O) groups is 1. The Hall–Kier alpha value is -1.51. The largest absolute Gasteiger partial charge is 0.508 e. The van der Waals surface area contributed by atoms with Crippen molar-refractivity contribution >= 4 is 5.97 Å². The molecule has 0 aromatic heterocycles. The minimum absolute atomic E-state index is 0.0143. The average molecular weight is 194 g/mol. The van der Waals surface area contributed by atoms with Crippen molar-refractivity contribution in [2.75, 3.05) is 0 Å². The molecule has 0 heterocycles. The Morgan fingerprint density at radius 3 is 2.71 bits per heavy atom. The summed E-state index contributed by atoms with van der Waals surface area (Å²) in [5.41, 5.74) is 0.884. The van der Waals surface area contributed by atoms with E-state index in [0.717, 1.165) is 12.0 Å². The van der Waals surface area contributed by atoms with Crippen LogP contribution in [0.15, 0.2) is 24.3 Å². The molecule has 0 aliphatic heterocycles. The van der Waals surface area contributed by atoms with Crippen molar-refractivity contribution in [1.29, 1.82) is 0 Å². The van der Waals surface area contributed by atoms with E-state index < -0.39 is 5.97 Å². The van der Waals surface area contributed by atoms with Gasteiger partial charge in [-0.3, -0.25) is 4.79 Å². The van der Waals surface area contributed by atoms with Gasteiger partial charge in [-0.15, -0.1) is 0 Å². The van der Waals surface area contributed by atoms with Crippen LogP contribution >= 0.6 is 0 Å². The van der Waals surface area contributed by atoms with Crippen LogP contribution in [0, 0.1) is 0 Å². The van der Waals surface area contributed by atoms with Gasteiger partial charge in [-0.05, 0) is 30.0 Å². The van der Waals surface area contributed by atoms with Gasteiger partial charge in [-0.1, -0.05) is 19.1 Å². The molecule has 0 radical (unpaired) electrons. The Kier molecular flexibility index (Phi) is 3.51. The van der Waals surface area contributed by atoms with E-state index in [2.05, 4.69) is 0 Å². The normalized spacial score (nSPS) is 12.4. The van der Waals surface area contributed by atoms with Crippen LogP contribution < -0.4 is 0 Å². The maximum atomic E-state index is 10.6. The van der Waals surface area contributed by atoms with Gasteiger partial charge in [-0.2, -0.15) is 0 Å². The minimum Gasteiger partial charge on any atom is -0.508 e. The van der Waals surface area contributed by atoms with Crippen molar-refractivity contribution in [1.82, 2.24) is 0 Å². The predicted octanol–water partition coefficient (Wildman–Crippen LogP) is 2.36. The molecule has 3 nitrogen and oxygen atoms in total. The molecule has 0 fully saturated rings. The number of benzene rings is 1. The molecule has 14 heavy (non-hydrogen) atoms. The number of carboxylic acids is 1. The smallest absolute Gasteiger partial charge is 0.303 e. The molecular formula is C11H14O3. The maximum absolute atomic E-state index is 10.6. The zero-order valence-electron chi connectivity index (χ0n) is 8.10. The van der Waals surface area contributed by atoms with Gasteiger partial charge in [0.1, 0.15) is 5.75 Å². The van der Waals surface area contributed by atoms with Gasteiger partial charge in [0, 0.05) is 0 Å². The Balaban J connectivity index is 2.83. The van der Waals surface area contributed by atoms with Crippen LogP contribution in [0.5, 0.6) is 5.75 Å². The first kappa shape index (κ1) is 10.6. The summed E-state index contributed by atoms with van der Waals surface area (Å²) in [6, 6.07) is 6.78. The summed E-state index contributed by atoms with van der Waals surface area (Å²) in [5.74, 6) is -0.633. The summed E-state index contributed by atoms with van der Waals surface area (Å²) in [5, 5.41) is 17.9. The fourth-order valence-corrected chi connectivity index (χ4v) is 1.49. The Morgan fingerprint density at radius 2 is 2.21 bits per heavy atom. The summed E-state index contributed by atoms with van der Waals surface area (Å²) in [7, 11) is 0. The highest BCUT2D eigenvalue weighted by Crippen LogP contribution is 2.25. The number of rotatable bonds is 4. The number of phenols is 1. The predicted molar refractivity (Wildman–Crippen MR) is 53.4 cm³/mol. The molecule has 2 N–H and O–H groups in total. The van der Waals surface area contributed by atoms with Gasteiger partial charge in [0.25, 0.3) is 0 Å². The van der Waals surface area contributed by atoms with E-state index in [9.17, 15) is 9.90 Å². The third-order valence-corrected chi connectivity index (χ3v) is 2.26. The van der Waals surface area contributed by atoms with Gasteiger partial charge in [-0.25, -0.2) is 0 Å². The number of aliphatic carboxylic acids is 1. The van der Waals surface area contributed by atoms with E-state index in [4.69, 9.17) is 5.11 Å². The van der Waals surface area contributed by atoms with Gasteiger partial charge in [0.2, 0.25) is 0 Å². The molecule has 1 atom stereocenters.